The van der Waals surface area contributed by atoms with E-state index in [1.807, 2.05) is 0 Å². The third-order valence-corrected chi connectivity index (χ3v) is 3.31. The average molecular weight is 252 g/mol. The molecule has 0 aliphatic carbocycles. The first-order valence-electron chi connectivity index (χ1n) is 4.80. The van der Waals surface area contributed by atoms with E-state index in [-0.39, 0.29) is 4.90 Å². The fraction of sp³-hybridized carbons (Fsp3) is 0.100. The van der Waals surface area contributed by atoms with Crippen molar-refractivity contribution in [2.45, 2.75) is 4.90 Å². The van der Waals surface area contributed by atoms with E-state index in [0.717, 1.165) is 0 Å². The van der Waals surface area contributed by atoms with Crippen LogP contribution >= 0.6 is 0 Å². The summed E-state index contributed by atoms with van der Waals surface area (Å²) in [7, 11) is -2.08. The molecule has 1 aromatic carbocycles. The summed E-state index contributed by atoms with van der Waals surface area (Å²) in [4.78, 5) is 0.00509. The Bertz CT molecular complexity index is 661. The molecule has 2 rings (SSSR count). The summed E-state index contributed by atoms with van der Waals surface area (Å²) in [5, 5.41) is 9.14. The highest BCUT2D eigenvalue weighted by Crippen LogP contribution is 2.31. The first-order valence-corrected chi connectivity index (χ1v) is 6.34. The van der Waals surface area contributed by atoms with Crippen molar-refractivity contribution in [1.82, 2.24) is 9.78 Å². The van der Waals surface area contributed by atoms with Gasteiger partial charge in [0.2, 0.25) is 10.0 Å². The Hall–Kier alpha value is -1.86. The molecule has 90 valence electrons. The summed E-state index contributed by atoms with van der Waals surface area (Å²) >= 11 is 0. The predicted octanol–water partition coefficient (Wildman–Crippen LogP) is 0.317. The molecule has 1 heterocycles. The zero-order chi connectivity index (χ0) is 12.6. The first kappa shape index (κ1) is 11.6. The van der Waals surface area contributed by atoms with Crippen LogP contribution in [0.4, 0.5) is 5.69 Å². The summed E-state index contributed by atoms with van der Waals surface area (Å²) in [5.74, 6) is 0. The molecule has 0 saturated carbocycles. The van der Waals surface area contributed by atoms with Gasteiger partial charge in [-0.05, 0) is 12.1 Å². The molecular formula is C10H12N4O2S. The summed E-state index contributed by atoms with van der Waals surface area (Å²) < 4.78 is 24.5. The SMILES string of the molecule is Cn1cc(-c2c(N)cccc2S(N)(=O)=O)cn1. The number of nitrogen functional groups attached to an aromatic ring is 1. The molecule has 1 aromatic heterocycles. The molecular weight excluding hydrogens is 240 g/mol. The maximum absolute atomic E-state index is 11.5. The fourth-order valence-electron chi connectivity index (χ4n) is 1.64. The van der Waals surface area contributed by atoms with E-state index >= 15 is 0 Å². The first-order chi connectivity index (χ1) is 7.89. The van der Waals surface area contributed by atoms with Crippen molar-refractivity contribution in [1.29, 1.82) is 0 Å². The van der Waals surface area contributed by atoms with Gasteiger partial charge in [-0.15, -0.1) is 0 Å². The Morgan fingerprint density at radius 2 is 2.06 bits per heavy atom. The van der Waals surface area contributed by atoms with E-state index in [1.165, 1.54) is 6.07 Å². The monoisotopic (exact) mass is 252 g/mol. The lowest BCUT2D eigenvalue weighted by Gasteiger charge is -2.08. The number of benzene rings is 1. The van der Waals surface area contributed by atoms with E-state index in [1.54, 1.807) is 36.3 Å². The van der Waals surface area contributed by atoms with Gasteiger partial charge in [0.1, 0.15) is 0 Å². The van der Waals surface area contributed by atoms with Crippen LogP contribution in [0.15, 0.2) is 35.5 Å². The molecule has 7 heteroatoms. The van der Waals surface area contributed by atoms with Gasteiger partial charge in [0.15, 0.2) is 0 Å². The Kier molecular flexibility index (Phi) is 2.64. The molecule has 0 spiro atoms. The number of primary sulfonamides is 1. The third-order valence-electron chi connectivity index (χ3n) is 2.36. The average Bonchev–Trinajstić information content (AvgIpc) is 2.63. The number of aromatic nitrogens is 2. The molecule has 0 aliphatic heterocycles. The molecule has 6 nitrogen and oxygen atoms in total. The summed E-state index contributed by atoms with van der Waals surface area (Å²) in [5.41, 5.74) is 7.17. The Labute approximate surface area is 98.9 Å². The maximum Gasteiger partial charge on any atom is 0.238 e. The smallest absolute Gasteiger partial charge is 0.238 e. The molecule has 17 heavy (non-hydrogen) atoms. The lowest BCUT2D eigenvalue weighted by Crippen LogP contribution is -2.14. The van der Waals surface area contributed by atoms with Crippen molar-refractivity contribution in [3.05, 3.63) is 30.6 Å². The molecule has 0 atom stereocenters. The molecule has 0 bridgehead atoms. The zero-order valence-corrected chi connectivity index (χ0v) is 9.98. The van der Waals surface area contributed by atoms with E-state index in [4.69, 9.17) is 10.9 Å². The third kappa shape index (κ3) is 2.15. The van der Waals surface area contributed by atoms with Gasteiger partial charge in [-0.3, -0.25) is 4.68 Å². The predicted molar refractivity (Wildman–Crippen MR) is 64.4 cm³/mol. The van der Waals surface area contributed by atoms with Gasteiger partial charge in [-0.25, -0.2) is 13.6 Å². The van der Waals surface area contributed by atoms with Crippen LogP contribution in [-0.2, 0) is 17.1 Å². The number of aryl methyl sites for hydroxylation is 1. The molecule has 4 N–H and O–H groups in total. The normalized spacial score (nSPS) is 11.6. The van der Waals surface area contributed by atoms with E-state index < -0.39 is 10.0 Å². The minimum Gasteiger partial charge on any atom is -0.398 e. The zero-order valence-electron chi connectivity index (χ0n) is 9.16. The highest BCUT2D eigenvalue weighted by Gasteiger charge is 2.18. The lowest BCUT2D eigenvalue weighted by molar-refractivity contribution is 0.598. The minimum absolute atomic E-state index is 0.00509. The molecule has 0 unspecified atom stereocenters. The number of nitrogens with two attached hydrogens (primary N) is 2. The fourth-order valence-corrected chi connectivity index (χ4v) is 2.43. The molecule has 0 aliphatic rings. The second kappa shape index (κ2) is 3.86. The summed E-state index contributed by atoms with van der Waals surface area (Å²) in [6, 6.07) is 4.60. The lowest BCUT2D eigenvalue weighted by atomic mass is 10.1. The Morgan fingerprint density at radius 3 is 2.59 bits per heavy atom. The molecule has 0 saturated heterocycles. The van der Waals surface area contributed by atoms with Crippen LogP contribution in [0, 0.1) is 0 Å². The van der Waals surface area contributed by atoms with Crippen molar-refractivity contribution in [3.63, 3.8) is 0 Å². The largest absolute Gasteiger partial charge is 0.398 e. The Balaban J connectivity index is 2.76. The number of hydrogen-bond donors (Lipinski definition) is 2. The number of hydrogen-bond acceptors (Lipinski definition) is 4. The molecule has 0 radical (unpaired) electrons. The second-order valence-electron chi connectivity index (χ2n) is 3.67. The van der Waals surface area contributed by atoms with Crippen LogP contribution in [0.5, 0.6) is 0 Å². The highest BCUT2D eigenvalue weighted by molar-refractivity contribution is 7.89. The van der Waals surface area contributed by atoms with Crippen molar-refractivity contribution in [2.24, 2.45) is 12.2 Å². The number of sulfonamides is 1. The van der Waals surface area contributed by atoms with Crippen LogP contribution in [0.3, 0.4) is 0 Å². The van der Waals surface area contributed by atoms with Crippen LogP contribution in [0.1, 0.15) is 0 Å². The van der Waals surface area contributed by atoms with Crippen LogP contribution < -0.4 is 10.9 Å². The van der Waals surface area contributed by atoms with Crippen LogP contribution in [0.2, 0.25) is 0 Å². The van der Waals surface area contributed by atoms with E-state index in [2.05, 4.69) is 5.10 Å². The van der Waals surface area contributed by atoms with E-state index in [9.17, 15) is 8.42 Å². The quantitative estimate of drug-likeness (QED) is 0.751. The molecule has 2 aromatic rings. The van der Waals surface area contributed by atoms with Gasteiger partial charge in [0, 0.05) is 30.1 Å². The summed E-state index contributed by atoms with van der Waals surface area (Å²) in [6.45, 7) is 0. The second-order valence-corrected chi connectivity index (χ2v) is 5.20. The molecule has 0 amide bonds. The minimum atomic E-state index is -3.81. The topological polar surface area (TPSA) is 104 Å². The van der Waals surface area contributed by atoms with Gasteiger partial charge in [0.05, 0.1) is 11.1 Å². The van der Waals surface area contributed by atoms with Crippen molar-refractivity contribution in [2.75, 3.05) is 5.73 Å². The van der Waals surface area contributed by atoms with Crippen LogP contribution in [-0.4, -0.2) is 18.2 Å². The Morgan fingerprint density at radius 1 is 1.35 bits per heavy atom. The highest BCUT2D eigenvalue weighted by atomic mass is 32.2. The number of rotatable bonds is 2. The van der Waals surface area contributed by atoms with Gasteiger partial charge < -0.3 is 5.73 Å². The number of anilines is 1. The van der Waals surface area contributed by atoms with E-state index in [0.29, 0.717) is 16.8 Å². The van der Waals surface area contributed by atoms with Gasteiger partial charge in [-0.1, -0.05) is 6.07 Å². The number of nitrogens with zero attached hydrogens (tertiary/aromatic N) is 2. The van der Waals surface area contributed by atoms with Crippen molar-refractivity contribution >= 4 is 15.7 Å². The van der Waals surface area contributed by atoms with Gasteiger partial charge in [-0.2, -0.15) is 5.10 Å². The summed E-state index contributed by atoms with van der Waals surface area (Å²) in [6.07, 6.45) is 3.22. The van der Waals surface area contributed by atoms with Crippen LogP contribution in [0.25, 0.3) is 11.1 Å². The van der Waals surface area contributed by atoms with Gasteiger partial charge >= 0.3 is 0 Å². The van der Waals surface area contributed by atoms with Crippen molar-refractivity contribution < 1.29 is 8.42 Å². The van der Waals surface area contributed by atoms with Gasteiger partial charge in [0.25, 0.3) is 0 Å². The molecule has 0 fully saturated rings. The maximum atomic E-state index is 11.5. The van der Waals surface area contributed by atoms with Crippen molar-refractivity contribution in [3.8, 4) is 11.1 Å². The standard InChI is InChI=1S/C10H12N4O2S/c1-14-6-7(5-13-14)10-8(11)3-2-4-9(10)17(12,15)16/h2-6H,11H2,1H3,(H2,12,15,16).